The van der Waals surface area contributed by atoms with E-state index < -0.39 is 0 Å². The van der Waals surface area contributed by atoms with Gasteiger partial charge in [-0.2, -0.15) is 4.98 Å². The molecule has 25 heavy (non-hydrogen) atoms. The summed E-state index contributed by atoms with van der Waals surface area (Å²) in [4.78, 5) is 18.9. The number of likely N-dealkylation sites (tertiary alicyclic amines) is 1. The Morgan fingerprint density at radius 1 is 1.40 bits per heavy atom. The highest BCUT2D eigenvalue weighted by Gasteiger charge is 2.28. The number of piperidine rings is 1. The van der Waals surface area contributed by atoms with E-state index in [4.69, 9.17) is 4.52 Å². The summed E-state index contributed by atoms with van der Waals surface area (Å²) in [6.07, 6.45) is 3.42. The van der Waals surface area contributed by atoms with E-state index in [2.05, 4.69) is 26.4 Å². The topological polar surface area (TPSA) is 76.2 Å². The van der Waals surface area contributed by atoms with E-state index in [-0.39, 0.29) is 17.9 Å². The average Bonchev–Trinajstić information content (AvgIpc) is 3.22. The molecule has 0 aromatic carbocycles. The second-order valence-electron chi connectivity index (χ2n) is 6.97. The molecule has 1 atom stereocenters. The van der Waals surface area contributed by atoms with Gasteiger partial charge < -0.3 is 14.4 Å². The number of amides is 1. The van der Waals surface area contributed by atoms with E-state index >= 15 is 0 Å². The Morgan fingerprint density at radius 2 is 2.20 bits per heavy atom. The van der Waals surface area contributed by atoms with Crippen molar-refractivity contribution < 1.29 is 9.32 Å². The Kier molecular flexibility index (Phi) is 5.22. The summed E-state index contributed by atoms with van der Waals surface area (Å²) in [6, 6.07) is 4.22. The smallest absolute Gasteiger partial charge is 0.267 e. The lowest BCUT2D eigenvalue weighted by molar-refractivity contribution is 0.0952. The Labute approximate surface area is 148 Å². The number of nitrogens with zero attached hydrogens (tertiary/aromatic N) is 4. The van der Waals surface area contributed by atoms with Gasteiger partial charge >= 0.3 is 0 Å². The molecular formula is C18H27N5O2. The first-order chi connectivity index (χ1) is 12.0. The molecule has 7 heteroatoms. The summed E-state index contributed by atoms with van der Waals surface area (Å²) in [5, 5.41) is 6.83. The van der Waals surface area contributed by atoms with Crippen LogP contribution in [0, 0.1) is 0 Å². The van der Waals surface area contributed by atoms with Gasteiger partial charge in [-0.25, -0.2) is 0 Å². The molecule has 0 aliphatic carbocycles. The second kappa shape index (κ2) is 7.39. The van der Waals surface area contributed by atoms with Crippen molar-refractivity contribution in [2.24, 2.45) is 7.05 Å². The molecule has 1 amide bonds. The van der Waals surface area contributed by atoms with Crippen molar-refractivity contribution in [2.45, 2.75) is 51.6 Å². The molecule has 1 N–H and O–H groups in total. The van der Waals surface area contributed by atoms with Crippen molar-refractivity contribution in [1.29, 1.82) is 0 Å². The quantitative estimate of drug-likeness (QED) is 0.901. The van der Waals surface area contributed by atoms with Gasteiger partial charge in [-0.1, -0.05) is 25.4 Å². The minimum Gasteiger partial charge on any atom is -0.354 e. The summed E-state index contributed by atoms with van der Waals surface area (Å²) in [5.74, 6) is 1.60. The zero-order valence-electron chi connectivity index (χ0n) is 15.5. The number of aromatic nitrogens is 3. The number of hydrogen-bond donors (Lipinski definition) is 1. The maximum Gasteiger partial charge on any atom is 0.267 e. The van der Waals surface area contributed by atoms with Crippen LogP contribution < -0.4 is 5.32 Å². The third kappa shape index (κ3) is 3.61. The highest BCUT2D eigenvalue weighted by molar-refractivity contribution is 5.92. The van der Waals surface area contributed by atoms with Crippen LogP contribution in [0.2, 0.25) is 0 Å². The van der Waals surface area contributed by atoms with Crippen LogP contribution in [0.5, 0.6) is 0 Å². The minimum atomic E-state index is -0.0594. The summed E-state index contributed by atoms with van der Waals surface area (Å²) >= 11 is 0. The molecule has 0 bridgehead atoms. The van der Waals surface area contributed by atoms with Crippen LogP contribution >= 0.6 is 0 Å². The third-order valence-electron chi connectivity index (χ3n) is 4.90. The van der Waals surface area contributed by atoms with Crippen LogP contribution in [0.3, 0.4) is 0 Å². The third-order valence-corrected chi connectivity index (χ3v) is 4.90. The Bertz CT molecular complexity index is 734. The van der Waals surface area contributed by atoms with Crippen molar-refractivity contribution in [2.75, 3.05) is 13.6 Å². The fraction of sp³-hybridized carbons (Fsp3) is 0.611. The molecule has 1 aliphatic heterocycles. The molecule has 0 saturated carbocycles. The van der Waals surface area contributed by atoms with Gasteiger partial charge in [0, 0.05) is 25.7 Å². The van der Waals surface area contributed by atoms with E-state index in [9.17, 15) is 4.79 Å². The highest BCUT2D eigenvalue weighted by Crippen LogP contribution is 2.32. The van der Waals surface area contributed by atoms with Crippen LogP contribution in [0.1, 0.15) is 73.0 Å². The van der Waals surface area contributed by atoms with Crippen molar-refractivity contribution in [3.8, 4) is 0 Å². The van der Waals surface area contributed by atoms with Crippen LogP contribution in [0.25, 0.3) is 0 Å². The SMILES string of the molecule is CNC(=O)c1ccc(C2CCCCN2Cc2noc(C(C)C)n2)n1C. The molecule has 2 aromatic heterocycles. The molecule has 1 fully saturated rings. The predicted molar refractivity (Wildman–Crippen MR) is 94.2 cm³/mol. The fourth-order valence-corrected chi connectivity index (χ4v) is 3.48. The van der Waals surface area contributed by atoms with Crippen molar-refractivity contribution in [3.63, 3.8) is 0 Å². The van der Waals surface area contributed by atoms with Gasteiger partial charge in [0.15, 0.2) is 5.82 Å². The maximum atomic E-state index is 12.0. The molecule has 1 aliphatic rings. The molecule has 0 spiro atoms. The van der Waals surface area contributed by atoms with Gasteiger partial charge in [-0.3, -0.25) is 9.69 Å². The number of rotatable bonds is 5. The van der Waals surface area contributed by atoms with Gasteiger partial charge in [0.05, 0.1) is 12.6 Å². The summed E-state index contributed by atoms with van der Waals surface area (Å²) in [7, 11) is 3.61. The molecule has 3 heterocycles. The first-order valence-corrected chi connectivity index (χ1v) is 8.95. The number of nitrogens with one attached hydrogen (secondary N) is 1. The van der Waals surface area contributed by atoms with Crippen LogP contribution in [-0.4, -0.2) is 39.1 Å². The molecule has 1 saturated heterocycles. The Hall–Kier alpha value is -2.15. The van der Waals surface area contributed by atoms with Crippen LogP contribution in [0.15, 0.2) is 16.7 Å². The maximum absolute atomic E-state index is 12.0. The standard InChI is InChI=1S/C18H27N5O2/c1-12(2)18-20-16(21-25-18)11-23-10-6-5-7-14(23)13-8-9-15(22(13)4)17(24)19-3/h8-9,12,14H,5-7,10-11H2,1-4H3,(H,19,24). The van der Waals surface area contributed by atoms with Crippen LogP contribution in [0.4, 0.5) is 0 Å². The predicted octanol–water partition coefficient (Wildman–Crippen LogP) is 2.62. The molecule has 136 valence electrons. The van der Waals surface area contributed by atoms with E-state index in [1.807, 2.05) is 31.5 Å². The van der Waals surface area contributed by atoms with Crippen molar-refractivity contribution in [1.82, 2.24) is 24.9 Å². The molecule has 0 radical (unpaired) electrons. The lowest BCUT2D eigenvalue weighted by atomic mass is 9.99. The molecule has 3 rings (SSSR count). The summed E-state index contributed by atoms with van der Waals surface area (Å²) in [6.45, 7) is 5.76. The van der Waals surface area contributed by atoms with Gasteiger partial charge in [0.25, 0.3) is 5.91 Å². The first-order valence-electron chi connectivity index (χ1n) is 8.95. The van der Waals surface area contributed by atoms with E-state index in [1.54, 1.807) is 7.05 Å². The lowest BCUT2D eigenvalue weighted by Gasteiger charge is -2.35. The normalized spacial score (nSPS) is 18.7. The van der Waals surface area contributed by atoms with Crippen molar-refractivity contribution in [3.05, 3.63) is 35.2 Å². The van der Waals surface area contributed by atoms with E-state index in [1.165, 1.54) is 6.42 Å². The largest absolute Gasteiger partial charge is 0.354 e. The lowest BCUT2D eigenvalue weighted by Crippen LogP contribution is -2.34. The summed E-state index contributed by atoms with van der Waals surface area (Å²) < 4.78 is 7.33. The number of carbonyl (C=O) groups excluding carboxylic acids is 1. The van der Waals surface area contributed by atoms with Gasteiger partial charge in [0.1, 0.15) is 5.69 Å². The Balaban J connectivity index is 1.81. The van der Waals surface area contributed by atoms with Gasteiger partial charge in [-0.05, 0) is 31.5 Å². The number of carbonyl (C=O) groups is 1. The van der Waals surface area contributed by atoms with Crippen LogP contribution in [-0.2, 0) is 13.6 Å². The molecule has 1 unspecified atom stereocenters. The zero-order chi connectivity index (χ0) is 18.0. The minimum absolute atomic E-state index is 0.0594. The Morgan fingerprint density at radius 3 is 2.88 bits per heavy atom. The molecular weight excluding hydrogens is 318 g/mol. The zero-order valence-corrected chi connectivity index (χ0v) is 15.5. The van der Waals surface area contributed by atoms with Crippen molar-refractivity contribution >= 4 is 5.91 Å². The highest BCUT2D eigenvalue weighted by atomic mass is 16.5. The molecule has 7 nitrogen and oxygen atoms in total. The van der Waals surface area contributed by atoms with E-state index in [0.29, 0.717) is 18.1 Å². The number of hydrogen-bond acceptors (Lipinski definition) is 5. The summed E-state index contributed by atoms with van der Waals surface area (Å²) in [5.41, 5.74) is 1.84. The molecule has 2 aromatic rings. The van der Waals surface area contributed by atoms with Gasteiger partial charge in [0.2, 0.25) is 5.89 Å². The average molecular weight is 345 g/mol. The fourth-order valence-electron chi connectivity index (χ4n) is 3.48. The monoisotopic (exact) mass is 345 g/mol. The van der Waals surface area contributed by atoms with E-state index in [0.717, 1.165) is 30.9 Å². The second-order valence-corrected chi connectivity index (χ2v) is 6.97. The first kappa shape index (κ1) is 17.7. The van der Waals surface area contributed by atoms with Gasteiger partial charge in [-0.15, -0.1) is 0 Å².